The fourth-order valence-electron chi connectivity index (χ4n) is 10.6. The lowest BCUT2D eigenvalue weighted by Gasteiger charge is -2.41. The number of carbonyl (C=O) groups is 8. The third-order valence-corrected chi connectivity index (χ3v) is 18.4. The first-order valence-electron chi connectivity index (χ1n) is 28.1. The van der Waals surface area contributed by atoms with E-state index in [1.807, 2.05) is 52.8 Å². The lowest BCUT2D eigenvalue weighted by molar-refractivity contribution is -0.187. The number of benzene rings is 2. The molecule has 19 nitrogen and oxygen atoms in total. The summed E-state index contributed by atoms with van der Waals surface area (Å²) < 4.78 is 30.0. The van der Waals surface area contributed by atoms with Gasteiger partial charge in [-0.3, -0.25) is 34.1 Å². The van der Waals surface area contributed by atoms with E-state index in [4.69, 9.17) is 41.0 Å². The summed E-state index contributed by atoms with van der Waals surface area (Å²) in [7, 11) is 3.05. The largest absolute Gasteiger partial charge is 0.462 e. The van der Waals surface area contributed by atoms with Crippen LogP contribution in [0.4, 0.5) is 21.0 Å². The van der Waals surface area contributed by atoms with E-state index in [1.165, 1.54) is 12.0 Å². The number of carbonyl (C=O) groups excluding carboxylic acids is 8. The molecule has 10 atom stereocenters. The van der Waals surface area contributed by atoms with Gasteiger partial charge in [-0.15, -0.1) is 0 Å². The predicted octanol–water partition coefficient (Wildman–Crippen LogP) is 9.86. The number of anilines is 2. The maximum absolute atomic E-state index is 14.4. The quantitative estimate of drug-likeness (QED) is 0.0215. The zero-order valence-corrected chi connectivity index (χ0v) is 54.3. The number of epoxide rings is 1. The van der Waals surface area contributed by atoms with E-state index in [9.17, 15) is 43.5 Å². The van der Waals surface area contributed by atoms with Gasteiger partial charge in [-0.2, -0.15) is 0 Å². The fourth-order valence-corrected chi connectivity index (χ4v) is 13.0. The van der Waals surface area contributed by atoms with Crippen molar-refractivity contribution in [1.82, 2.24) is 10.6 Å². The number of Topliss-reactive ketones (excluding diaryl/α,β-unsaturated/α-hetero) is 2. The van der Waals surface area contributed by atoms with E-state index in [2.05, 4.69) is 63.7 Å². The maximum atomic E-state index is 14.4. The Hall–Kier alpha value is -4.71. The number of rotatable bonds is 24. The highest BCUT2D eigenvalue weighted by Gasteiger charge is 2.64. The molecule has 1 unspecified atom stereocenters. The number of aryl methyl sites for hydroxylation is 1. The minimum absolute atomic E-state index is 0.0142. The Bertz CT molecular complexity index is 2740. The van der Waals surface area contributed by atoms with Crippen LogP contribution in [0, 0.1) is 30.6 Å². The van der Waals surface area contributed by atoms with E-state index in [1.54, 1.807) is 51.2 Å². The van der Waals surface area contributed by atoms with Crippen molar-refractivity contribution in [3.8, 4) is 0 Å². The summed E-state index contributed by atoms with van der Waals surface area (Å²) in [5.41, 5.74) is 6.20. The summed E-state index contributed by atoms with van der Waals surface area (Å²) >= 11 is 17.0. The second-order valence-electron chi connectivity index (χ2n) is 22.8. The number of amides is 5. The molecule has 0 saturated carbocycles. The summed E-state index contributed by atoms with van der Waals surface area (Å²) in [6.45, 7) is 12.9. The highest BCUT2D eigenvalue weighted by atomic mass is 79.9. The molecule has 6 N–H and O–H groups in total. The van der Waals surface area contributed by atoms with Crippen molar-refractivity contribution >= 4 is 118 Å². The van der Waals surface area contributed by atoms with Crippen LogP contribution in [0.3, 0.4) is 0 Å². The number of halogens is 4. The molecule has 0 aliphatic carbocycles. The highest BCUT2D eigenvalue weighted by molar-refractivity contribution is 9.10. The average molecular weight is 1370 g/mol. The highest BCUT2D eigenvalue weighted by Crippen LogP contribution is 2.50. The third kappa shape index (κ3) is 19.7. The number of aliphatic hydroxyl groups is 1. The zero-order chi connectivity index (χ0) is 61.5. The molecule has 23 heteroatoms. The zero-order valence-electron chi connectivity index (χ0n) is 48.8. The lowest BCUT2D eigenvalue weighted by Crippen LogP contribution is -2.53. The number of nitrogens with zero attached hydrogens (tertiary/aromatic N) is 1. The molecule has 3 aliphatic heterocycles. The molecular formula is C60H81Br3ClN5O14. The van der Waals surface area contributed by atoms with E-state index < -0.39 is 83.4 Å². The number of fused-ring (bicyclic) bond motifs is 5. The monoisotopic (exact) mass is 1370 g/mol. The third-order valence-electron chi connectivity index (χ3n) is 15.7. The number of hydrogen-bond acceptors (Lipinski definition) is 14. The van der Waals surface area contributed by atoms with Gasteiger partial charge in [0.1, 0.15) is 35.3 Å². The summed E-state index contributed by atoms with van der Waals surface area (Å²) in [5.74, 6) is -4.09. The van der Waals surface area contributed by atoms with Crippen molar-refractivity contribution in [1.29, 1.82) is 0 Å². The standard InChI is InChI=1S/C60H81Br3ClN5O14/c1-33(2)42(27-41(70)16-11-10-15-36(5)80-56(75)40(31-61)32-62)55(74)67-45(17-13-21-66-57(65)76)47(71)26-38-19-20-44(43(63)24-38)68-58(77)82-50-28-51(72)69(8)46-25-39(23-35(4)53(46)64)22-34(3)14-12-18-49(79-9)60(78)29-48(81-52(73)30-60)37(6)54-59(50,7)83-54/h12,14,18-20,23-25,33,36-37,40,42,45,48-50,54,78H,10-11,13,15-17,21-22,26-32H2,1-9H3,(H,67,74)(H,68,77)(H3,65,66,76)/b18-12+,34-14+/t36?,37-,42+,45+,48+,49-,50+,54+,59+,60-/m1/s1. The predicted molar refractivity (Wildman–Crippen MR) is 327 cm³/mol. The molecule has 3 heterocycles. The molecule has 0 spiro atoms. The first kappa shape index (κ1) is 69.1. The van der Waals surface area contributed by atoms with Gasteiger partial charge in [-0.05, 0) is 123 Å². The first-order chi connectivity index (χ1) is 39.1. The number of allylic oxidation sites excluding steroid dienone is 3. The van der Waals surface area contributed by atoms with Crippen LogP contribution >= 0.6 is 59.4 Å². The van der Waals surface area contributed by atoms with Crippen LogP contribution < -0.4 is 26.6 Å². The van der Waals surface area contributed by atoms with Crippen LogP contribution in [-0.4, -0.2) is 132 Å². The van der Waals surface area contributed by atoms with E-state index in [-0.39, 0.29) is 92.7 Å². The van der Waals surface area contributed by atoms with Gasteiger partial charge in [0.05, 0.1) is 53.4 Å². The second-order valence-corrected chi connectivity index (χ2v) is 25.3. The molecule has 2 saturated heterocycles. The minimum atomic E-state index is -1.63. The first-order valence-corrected chi connectivity index (χ1v) is 31.5. The molecule has 5 rings (SSSR count). The molecule has 458 valence electrons. The molecule has 3 aliphatic rings. The number of ether oxygens (including phenoxy) is 5. The summed E-state index contributed by atoms with van der Waals surface area (Å²) in [6.07, 6.45) is 2.66. The molecule has 83 heavy (non-hydrogen) atoms. The Morgan fingerprint density at radius 2 is 1.72 bits per heavy atom. The van der Waals surface area contributed by atoms with Crippen molar-refractivity contribution in [2.24, 2.45) is 29.4 Å². The number of nitrogens with one attached hydrogen (secondary N) is 3. The number of esters is 2. The molecule has 0 radical (unpaired) electrons. The maximum Gasteiger partial charge on any atom is 0.412 e. The smallest absolute Gasteiger partial charge is 0.412 e. The van der Waals surface area contributed by atoms with Crippen LogP contribution in [0.2, 0.25) is 5.02 Å². The van der Waals surface area contributed by atoms with Crippen molar-refractivity contribution in [2.75, 3.05) is 41.6 Å². The average Bonchev–Trinajstić information content (AvgIpc) is 2.29. The molecule has 5 amide bonds. The van der Waals surface area contributed by atoms with Crippen LogP contribution in [0.25, 0.3) is 0 Å². The van der Waals surface area contributed by atoms with Gasteiger partial charge in [0.25, 0.3) is 0 Å². The number of unbranched alkanes of at least 4 members (excludes halogenated alkanes) is 1. The fraction of sp³-hybridized carbons (Fsp3) is 0.600. The molecule has 2 aromatic rings. The van der Waals surface area contributed by atoms with Crippen molar-refractivity contribution in [3.05, 3.63) is 80.3 Å². The summed E-state index contributed by atoms with van der Waals surface area (Å²) in [5, 5.41) is 21.5. The number of nitrogens with two attached hydrogens (primary N) is 1. The molecule has 2 fully saturated rings. The Morgan fingerprint density at radius 1 is 1.01 bits per heavy atom. The van der Waals surface area contributed by atoms with Gasteiger partial charge in [0.2, 0.25) is 11.8 Å². The number of primary amides is 1. The normalized spacial score (nSPS) is 24.9. The molecule has 2 aromatic carbocycles. The minimum Gasteiger partial charge on any atom is -0.462 e. The van der Waals surface area contributed by atoms with Crippen molar-refractivity contribution in [2.45, 2.75) is 173 Å². The summed E-state index contributed by atoms with van der Waals surface area (Å²) in [4.78, 5) is 108. The second kappa shape index (κ2) is 31.6. The molecular weight excluding hydrogens is 1290 g/mol. The van der Waals surface area contributed by atoms with E-state index in [0.29, 0.717) is 63.5 Å². The van der Waals surface area contributed by atoms with Crippen molar-refractivity contribution < 1.29 is 67.1 Å². The number of urea groups is 1. The van der Waals surface area contributed by atoms with Gasteiger partial charge in [-0.1, -0.05) is 100 Å². The number of methoxy groups -OCH3 is 1. The van der Waals surface area contributed by atoms with Gasteiger partial charge >= 0.3 is 24.1 Å². The Kier molecular flexibility index (Phi) is 26.3. The van der Waals surface area contributed by atoms with E-state index in [0.717, 1.165) is 16.7 Å². The molecule has 4 bridgehead atoms. The SMILES string of the molecule is CO[C@@H]1/C=C/C=C(\C)Cc2cc(C)c(Cl)c(c2)N(C)C(=O)C[C@H](OC(=O)Nc2ccc(CC(=O)[C@H](CCCNC(N)=O)NC(=O)[C@@H](CC(=O)CCCCC(C)OC(=O)C(CBr)CBr)C(C)C)cc2Br)[C@]2(C)O[C@H]2[C@H](C)[C@@H]2C[C@@]1(O)CC(=O)O2. The molecule has 0 aromatic heterocycles. The van der Waals surface area contributed by atoms with Gasteiger partial charge in [0.15, 0.2) is 5.78 Å². The van der Waals surface area contributed by atoms with Crippen LogP contribution in [0.1, 0.15) is 122 Å². The van der Waals surface area contributed by atoms with E-state index >= 15 is 0 Å². The van der Waals surface area contributed by atoms with Crippen LogP contribution in [0.15, 0.2) is 58.6 Å². The Balaban J connectivity index is 1.31. The lowest BCUT2D eigenvalue weighted by atomic mass is 9.78. The Morgan fingerprint density at radius 3 is 2.37 bits per heavy atom. The van der Waals surface area contributed by atoms with Gasteiger partial charge < -0.3 is 50.1 Å². The van der Waals surface area contributed by atoms with Crippen LogP contribution in [-0.2, 0) is 65.3 Å². The van der Waals surface area contributed by atoms with Gasteiger partial charge in [0, 0.05) is 73.4 Å². The van der Waals surface area contributed by atoms with Crippen LogP contribution in [0.5, 0.6) is 0 Å². The number of ketones is 2. The Labute approximate surface area is 517 Å². The summed E-state index contributed by atoms with van der Waals surface area (Å²) in [6, 6.07) is 6.88. The van der Waals surface area contributed by atoms with Crippen molar-refractivity contribution in [3.63, 3.8) is 0 Å². The van der Waals surface area contributed by atoms with Gasteiger partial charge in [-0.25, -0.2) is 9.59 Å². The topological polar surface area (TPSA) is 272 Å². The number of hydrogen-bond donors (Lipinski definition) is 5. The number of alkyl halides is 2.